The normalized spacial score (nSPS) is 13.8. The van der Waals surface area contributed by atoms with Gasteiger partial charge in [0.05, 0.1) is 6.42 Å². The second-order valence-electron chi connectivity index (χ2n) is 1.94. The zero-order chi connectivity index (χ0) is 9.99. The van der Waals surface area contributed by atoms with Crippen LogP contribution in [0.1, 0.15) is 6.42 Å². The number of hydrogen-bond acceptors (Lipinski definition) is 2. The second kappa shape index (κ2) is 3.56. The van der Waals surface area contributed by atoms with Crippen LogP contribution in [-0.4, -0.2) is 27.1 Å². The second-order valence-corrected chi connectivity index (χ2v) is 3.95. The lowest BCUT2D eigenvalue weighted by atomic mass is 10.5. The molecule has 0 atom stereocenters. The third kappa shape index (κ3) is 2.59. The first-order valence-corrected chi connectivity index (χ1v) is 4.30. The molecule has 0 amide bonds. The third-order valence-corrected chi connectivity index (χ3v) is 2.54. The maximum atomic E-state index is 12.3. The molecule has 12 heavy (non-hydrogen) atoms. The molecule has 0 aliphatic heterocycles. The van der Waals surface area contributed by atoms with E-state index in [0.717, 1.165) is 7.05 Å². The lowest BCUT2D eigenvalue weighted by Gasteiger charge is -2.14. The van der Waals surface area contributed by atoms with Gasteiger partial charge in [-0.1, -0.05) is 0 Å². The molecule has 0 aliphatic rings. The molecule has 0 fully saturated rings. The topological polar surface area (TPSA) is 46.2 Å². The Bertz CT molecular complexity index is 237. The number of rotatable bonds is 4. The van der Waals surface area contributed by atoms with Crippen molar-refractivity contribution in [3.63, 3.8) is 0 Å². The minimum atomic E-state index is -4.96. The molecule has 0 unspecified atom stereocenters. The minimum absolute atomic E-state index is 0.731. The van der Waals surface area contributed by atoms with E-state index in [1.807, 2.05) is 0 Å². The Morgan fingerprint density at radius 3 is 2.08 bits per heavy atom. The predicted octanol–water partition coefficient (Wildman–Crippen LogP) is 0.784. The van der Waals surface area contributed by atoms with E-state index in [4.69, 9.17) is 0 Å². The van der Waals surface area contributed by atoms with Crippen LogP contribution in [0, 0.1) is 0 Å². The van der Waals surface area contributed by atoms with Crippen molar-refractivity contribution in [3.05, 3.63) is 0 Å². The summed E-state index contributed by atoms with van der Waals surface area (Å²) in [5, 5.41) is -4.42. The summed E-state index contributed by atoms with van der Waals surface area (Å²) in [6, 6.07) is 0. The minimum Gasteiger partial charge on any atom is -0.213 e. The van der Waals surface area contributed by atoms with Gasteiger partial charge in [-0.15, -0.1) is 0 Å². The quantitative estimate of drug-likeness (QED) is 0.695. The molecule has 1 N–H and O–H groups in total. The Kier molecular flexibility index (Phi) is 3.45. The van der Waals surface area contributed by atoms with Gasteiger partial charge >= 0.3 is 5.25 Å². The molecule has 0 spiro atoms. The maximum Gasteiger partial charge on any atom is 0.364 e. The Labute approximate surface area is 66.8 Å². The summed E-state index contributed by atoms with van der Waals surface area (Å²) in [6.45, 7) is 0. The first-order chi connectivity index (χ1) is 5.23. The van der Waals surface area contributed by atoms with Crippen molar-refractivity contribution in [2.45, 2.75) is 18.1 Å². The molecule has 8 heteroatoms. The Morgan fingerprint density at radius 1 is 1.42 bits per heavy atom. The van der Waals surface area contributed by atoms with Crippen LogP contribution >= 0.6 is 0 Å². The van der Waals surface area contributed by atoms with Crippen molar-refractivity contribution < 1.29 is 26.0 Å². The van der Waals surface area contributed by atoms with Gasteiger partial charge in [-0.3, -0.25) is 0 Å². The highest BCUT2D eigenvalue weighted by atomic mass is 32.2. The molecule has 3 nitrogen and oxygen atoms in total. The van der Waals surface area contributed by atoms with Crippen molar-refractivity contribution in [2.75, 3.05) is 7.05 Å². The van der Waals surface area contributed by atoms with E-state index in [-0.39, 0.29) is 0 Å². The van der Waals surface area contributed by atoms with Crippen molar-refractivity contribution >= 4 is 10.0 Å². The first kappa shape index (κ1) is 11.6. The van der Waals surface area contributed by atoms with E-state index in [1.54, 1.807) is 0 Å². The molecule has 0 saturated heterocycles. The Hall–Kier alpha value is -0.370. The van der Waals surface area contributed by atoms with Gasteiger partial charge in [-0.05, 0) is 7.05 Å². The molecule has 0 aromatic rings. The van der Waals surface area contributed by atoms with Crippen LogP contribution < -0.4 is 4.72 Å². The molecular weight excluding hydrogens is 202 g/mol. The van der Waals surface area contributed by atoms with Gasteiger partial charge < -0.3 is 0 Å². The Balaban J connectivity index is 4.62. The average Bonchev–Trinajstić information content (AvgIpc) is 1.84. The number of hydrogen-bond donors (Lipinski definition) is 1. The van der Waals surface area contributed by atoms with Gasteiger partial charge in [0.1, 0.15) is 0 Å². The van der Waals surface area contributed by atoms with Gasteiger partial charge in [-0.25, -0.2) is 21.9 Å². The van der Waals surface area contributed by atoms with Crippen LogP contribution in [0.4, 0.5) is 17.6 Å². The summed E-state index contributed by atoms with van der Waals surface area (Å²) >= 11 is 0. The van der Waals surface area contributed by atoms with Crippen LogP contribution in [0.5, 0.6) is 0 Å². The lowest BCUT2D eigenvalue weighted by Crippen LogP contribution is -2.39. The molecular formula is C4H7F4NO2S. The zero-order valence-corrected chi connectivity index (χ0v) is 6.84. The van der Waals surface area contributed by atoms with E-state index in [2.05, 4.69) is 0 Å². The molecule has 0 bridgehead atoms. The van der Waals surface area contributed by atoms with Gasteiger partial charge in [-0.2, -0.15) is 8.78 Å². The third-order valence-electron chi connectivity index (χ3n) is 1.05. The summed E-state index contributed by atoms with van der Waals surface area (Å²) in [5.74, 6) is 0. The number of halogens is 4. The number of alkyl halides is 4. The molecule has 74 valence electrons. The molecule has 0 aromatic heterocycles. The average molecular weight is 209 g/mol. The predicted molar refractivity (Wildman–Crippen MR) is 33.5 cm³/mol. The standard InChI is InChI=1S/C4H7F4NO2S/c1-9-12(10,11)4(7,8)2-3(5)6/h3,9H,2H2,1H3. The fourth-order valence-electron chi connectivity index (χ4n) is 0.439. The van der Waals surface area contributed by atoms with Gasteiger partial charge in [0.15, 0.2) is 0 Å². The highest BCUT2D eigenvalue weighted by molar-refractivity contribution is 7.90. The fraction of sp³-hybridized carbons (Fsp3) is 1.00. The van der Waals surface area contributed by atoms with Crippen LogP contribution in [0.2, 0.25) is 0 Å². The summed E-state index contributed by atoms with van der Waals surface area (Å²) in [4.78, 5) is 0. The van der Waals surface area contributed by atoms with Crippen molar-refractivity contribution in [3.8, 4) is 0 Å². The fourth-order valence-corrected chi connectivity index (χ4v) is 1.08. The van der Waals surface area contributed by atoms with Crippen molar-refractivity contribution in [1.82, 2.24) is 4.72 Å². The van der Waals surface area contributed by atoms with Gasteiger partial charge in [0, 0.05) is 0 Å². The molecule has 0 radical (unpaired) electrons. The lowest BCUT2D eigenvalue weighted by molar-refractivity contribution is 0.0103. The van der Waals surface area contributed by atoms with Crippen LogP contribution in [0.3, 0.4) is 0 Å². The maximum absolute atomic E-state index is 12.3. The highest BCUT2D eigenvalue weighted by Crippen LogP contribution is 2.27. The van der Waals surface area contributed by atoms with E-state index in [9.17, 15) is 26.0 Å². The zero-order valence-electron chi connectivity index (χ0n) is 6.02. The molecule has 0 aliphatic carbocycles. The van der Waals surface area contributed by atoms with Crippen molar-refractivity contribution in [2.24, 2.45) is 0 Å². The van der Waals surface area contributed by atoms with E-state index in [0.29, 0.717) is 0 Å². The van der Waals surface area contributed by atoms with Gasteiger partial charge in [0.2, 0.25) is 6.43 Å². The van der Waals surface area contributed by atoms with Crippen molar-refractivity contribution in [1.29, 1.82) is 0 Å². The monoisotopic (exact) mass is 209 g/mol. The summed E-state index contributed by atoms with van der Waals surface area (Å²) in [6.07, 6.45) is -5.35. The molecule has 0 saturated carbocycles. The van der Waals surface area contributed by atoms with Crippen LogP contribution in [-0.2, 0) is 10.0 Å². The largest absolute Gasteiger partial charge is 0.364 e. The smallest absolute Gasteiger partial charge is 0.213 e. The van der Waals surface area contributed by atoms with E-state index >= 15 is 0 Å². The number of sulfonamides is 1. The Morgan fingerprint density at radius 2 is 1.83 bits per heavy atom. The first-order valence-electron chi connectivity index (χ1n) is 2.82. The SMILES string of the molecule is CNS(=O)(=O)C(F)(F)CC(F)F. The summed E-state index contributed by atoms with van der Waals surface area (Å²) < 4.78 is 69.5. The van der Waals surface area contributed by atoms with E-state index < -0.39 is 28.1 Å². The van der Waals surface area contributed by atoms with Crippen LogP contribution in [0.25, 0.3) is 0 Å². The molecule has 0 aromatic carbocycles. The summed E-state index contributed by atoms with van der Waals surface area (Å²) in [7, 11) is -4.23. The van der Waals surface area contributed by atoms with Gasteiger partial charge in [0.25, 0.3) is 10.0 Å². The van der Waals surface area contributed by atoms with E-state index in [1.165, 1.54) is 4.72 Å². The molecule has 0 heterocycles. The number of nitrogens with one attached hydrogen (secondary N) is 1. The molecule has 0 rings (SSSR count). The highest BCUT2D eigenvalue weighted by Gasteiger charge is 2.46. The summed E-state index contributed by atoms with van der Waals surface area (Å²) in [5.41, 5.74) is 0. The van der Waals surface area contributed by atoms with Crippen LogP contribution in [0.15, 0.2) is 0 Å².